The van der Waals surface area contributed by atoms with Gasteiger partial charge in [0.25, 0.3) is 0 Å². The molecule has 4 aromatic rings. The standard InChI is InChI=1S/C16H15N.C13H12IN.C7H12.C6H11N.C6H10O.C6H10.C5H8O.C3H4/c1-2-7-15-10-6-13-17-16(15)12-11-14-8-4-3-5-9-14;14-12-7-4-10-15-13(12)9-8-11-5-2-1-3-6-11;1-5-6-7(2,3)4;1-4-5-6-7(2)3;1-4-5-6(2,3)7;1-4-5-6(2)3;1-3-4-5-6-2;1-3-2/h3-6,8-10,13H,11-12H2,1H3;1-7,10H,8-9H2;1H,6H2,2-4H3;1H,5-6H2,2-3H3;1,7H,5H2,2-3H3;1,6H,5H2,2-3H3;1H,4-5H2,2H3;1H,2H3. The Kier molecular flexibility index (Phi) is 48.3. The maximum atomic E-state index is 8.88. The van der Waals surface area contributed by atoms with Crippen molar-refractivity contribution in [3.05, 3.63) is 129 Å². The van der Waals surface area contributed by atoms with Crippen LogP contribution in [0.4, 0.5) is 0 Å². The molecular formula is C62H82IN3O2. The summed E-state index contributed by atoms with van der Waals surface area (Å²) in [6.45, 7) is 19.2. The van der Waals surface area contributed by atoms with Crippen LogP contribution < -0.4 is 0 Å². The molecule has 2 heterocycles. The number of hydrogen-bond acceptors (Lipinski definition) is 5. The number of ether oxygens (including phenoxy) is 1. The summed E-state index contributed by atoms with van der Waals surface area (Å²) in [6, 6.07) is 29.1. The van der Waals surface area contributed by atoms with Gasteiger partial charge < -0.3 is 14.7 Å². The molecule has 2 aromatic carbocycles. The van der Waals surface area contributed by atoms with Crippen molar-refractivity contribution in [2.45, 2.75) is 126 Å². The van der Waals surface area contributed by atoms with Crippen LogP contribution in [0.25, 0.3) is 0 Å². The second kappa shape index (κ2) is 47.8. The molecule has 2 aromatic heterocycles. The van der Waals surface area contributed by atoms with E-state index in [9.17, 15) is 0 Å². The molecule has 0 unspecified atom stereocenters. The molecule has 364 valence electrons. The summed E-state index contributed by atoms with van der Waals surface area (Å²) in [5.74, 6) is 21.5. The van der Waals surface area contributed by atoms with E-state index in [4.69, 9.17) is 37.2 Å². The van der Waals surface area contributed by atoms with Gasteiger partial charge in [0.15, 0.2) is 0 Å². The van der Waals surface area contributed by atoms with Gasteiger partial charge in [0.05, 0.1) is 23.6 Å². The van der Waals surface area contributed by atoms with E-state index in [0.29, 0.717) is 24.4 Å². The first-order chi connectivity index (χ1) is 32.2. The minimum absolute atomic E-state index is 0.314. The first-order valence-corrected chi connectivity index (χ1v) is 23.8. The Morgan fingerprint density at radius 2 is 1.12 bits per heavy atom. The van der Waals surface area contributed by atoms with Crippen molar-refractivity contribution in [2.75, 3.05) is 34.4 Å². The topological polar surface area (TPSA) is 58.5 Å². The summed E-state index contributed by atoms with van der Waals surface area (Å²) in [5, 5.41) is 8.88. The molecule has 0 aliphatic heterocycles. The monoisotopic (exact) mass is 1030 g/mol. The highest BCUT2D eigenvalue weighted by Crippen LogP contribution is 2.16. The molecule has 68 heavy (non-hydrogen) atoms. The Morgan fingerprint density at radius 3 is 1.41 bits per heavy atom. The van der Waals surface area contributed by atoms with Crippen molar-refractivity contribution in [1.29, 1.82) is 0 Å². The summed E-state index contributed by atoms with van der Waals surface area (Å²) in [6.07, 6.45) is 40.9. The first-order valence-electron chi connectivity index (χ1n) is 22.7. The normalized spacial score (nSPS) is 9.21. The summed E-state index contributed by atoms with van der Waals surface area (Å²) < 4.78 is 5.90. The first kappa shape index (κ1) is 68.8. The van der Waals surface area contributed by atoms with Crippen LogP contribution in [0, 0.1) is 101 Å². The molecule has 5 nitrogen and oxygen atoms in total. The Hall–Kier alpha value is -5.73. The van der Waals surface area contributed by atoms with Crippen LogP contribution in [0.1, 0.15) is 122 Å². The van der Waals surface area contributed by atoms with Crippen molar-refractivity contribution in [1.82, 2.24) is 14.9 Å². The largest absolute Gasteiger partial charge is 0.389 e. The third kappa shape index (κ3) is 52.9. The van der Waals surface area contributed by atoms with Crippen LogP contribution in [0.3, 0.4) is 0 Å². The lowest BCUT2D eigenvalue weighted by Crippen LogP contribution is -2.16. The molecule has 6 heteroatoms. The second-order valence-electron chi connectivity index (χ2n) is 17.2. The number of benzene rings is 2. The lowest BCUT2D eigenvalue weighted by molar-refractivity contribution is 0.0863. The Bertz CT molecular complexity index is 2100. The number of aryl methyl sites for hydroxylation is 4. The molecule has 0 spiro atoms. The number of pyridine rings is 2. The molecule has 1 N–H and O–H groups in total. The predicted molar refractivity (Wildman–Crippen MR) is 304 cm³/mol. The maximum absolute atomic E-state index is 8.88. The number of rotatable bonds is 12. The van der Waals surface area contributed by atoms with Gasteiger partial charge in [0.1, 0.15) is 0 Å². The van der Waals surface area contributed by atoms with Gasteiger partial charge in [0, 0.05) is 67.3 Å². The number of terminal acetylenes is 6. The lowest BCUT2D eigenvalue weighted by Gasteiger charge is -2.11. The number of halogens is 1. The molecule has 0 radical (unpaired) electrons. The third-order valence-corrected chi connectivity index (χ3v) is 8.80. The van der Waals surface area contributed by atoms with Crippen LogP contribution in [-0.4, -0.2) is 59.9 Å². The highest BCUT2D eigenvalue weighted by molar-refractivity contribution is 14.1. The summed E-state index contributed by atoms with van der Waals surface area (Å²) in [4.78, 5) is 10.9. The fourth-order valence-corrected chi connectivity index (χ4v) is 5.16. The average molecular weight is 1030 g/mol. The van der Waals surface area contributed by atoms with Crippen LogP contribution in [0.5, 0.6) is 0 Å². The Labute approximate surface area is 431 Å². The number of hydrogen-bond donors (Lipinski definition) is 1. The highest BCUT2D eigenvalue weighted by Gasteiger charge is 2.08. The van der Waals surface area contributed by atoms with Gasteiger partial charge in [-0.3, -0.25) is 9.97 Å². The number of aliphatic hydroxyl groups is 1. The molecule has 4 rings (SSSR count). The van der Waals surface area contributed by atoms with Crippen LogP contribution in [-0.2, 0) is 30.4 Å². The fourth-order valence-electron chi connectivity index (χ4n) is 4.54. The van der Waals surface area contributed by atoms with E-state index in [2.05, 4.69) is 185 Å². The van der Waals surface area contributed by atoms with E-state index in [-0.39, 0.29) is 0 Å². The van der Waals surface area contributed by atoms with Gasteiger partial charge in [-0.15, -0.1) is 80.0 Å². The summed E-state index contributed by atoms with van der Waals surface area (Å²) in [5.41, 5.74) is 5.68. The van der Waals surface area contributed by atoms with E-state index in [1.165, 1.54) is 20.4 Å². The molecule has 0 amide bonds. The second-order valence-corrected chi connectivity index (χ2v) is 18.4. The van der Waals surface area contributed by atoms with Crippen molar-refractivity contribution in [3.8, 4) is 85.9 Å². The van der Waals surface area contributed by atoms with E-state index in [0.717, 1.165) is 69.2 Å². The van der Waals surface area contributed by atoms with E-state index in [1.54, 1.807) is 27.9 Å². The summed E-state index contributed by atoms with van der Waals surface area (Å²) in [7, 11) is 5.66. The predicted octanol–water partition coefficient (Wildman–Crippen LogP) is 13.1. The molecule has 0 aliphatic rings. The van der Waals surface area contributed by atoms with Crippen LogP contribution in [0.15, 0.2) is 97.3 Å². The number of nitrogens with zero attached hydrogens (tertiary/aromatic N) is 3. The quantitative estimate of drug-likeness (QED) is 0.0870. The van der Waals surface area contributed by atoms with Crippen LogP contribution in [0.2, 0.25) is 0 Å². The van der Waals surface area contributed by atoms with E-state index in [1.807, 2.05) is 63.7 Å². The van der Waals surface area contributed by atoms with E-state index >= 15 is 0 Å². The highest BCUT2D eigenvalue weighted by atomic mass is 127. The molecule has 0 aliphatic carbocycles. The SMILES string of the molecule is C#CC.C#CCC(C)(C)C.C#CCC(C)(C)O.C#CCC(C)C.C#CCCN(C)C.C#CCCOC.CC#Cc1cccnc1CCc1ccccc1.Ic1cccnc1CCc1ccccc1. The maximum Gasteiger partial charge on any atom is 0.0700 e. The lowest BCUT2D eigenvalue weighted by atomic mass is 9.93. The summed E-state index contributed by atoms with van der Waals surface area (Å²) >= 11 is 2.34. The van der Waals surface area contributed by atoms with Crippen molar-refractivity contribution >= 4 is 22.6 Å². The molecule has 0 bridgehead atoms. The molecule has 0 saturated carbocycles. The van der Waals surface area contributed by atoms with Crippen molar-refractivity contribution in [2.24, 2.45) is 11.3 Å². The smallest absolute Gasteiger partial charge is 0.0700 e. The zero-order valence-corrected chi connectivity index (χ0v) is 45.8. The van der Waals surface area contributed by atoms with Crippen molar-refractivity contribution in [3.63, 3.8) is 0 Å². The zero-order valence-electron chi connectivity index (χ0n) is 43.6. The molecule has 0 fully saturated rings. The van der Waals surface area contributed by atoms with E-state index < -0.39 is 5.60 Å². The molecule has 0 saturated heterocycles. The van der Waals surface area contributed by atoms with Crippen LogP contribution >= 0.6 is 22.6 Å². The third-order valence-electron chi connectivity index (χ3n) is 7.82. The van der Waals surface area contributed by atoms with Crippen molar-refractivity contribution < 1.29 is 9.84 Å². The van der Waals surface area contributed by atoms with Gasteiger partial charge in [-0.05, 0) is 137 Å². The molecular weight excluding hydrogens is 946 g/mol. The van der Waals surface area contributed by atoms with Gasteiger partial charge in [-0.2, -0.15) is 0 Å². The zero-order chi connectivity index (χ0) is 52.5. The number of aromatic nitrogens is 2. The number of methoxy groups -OCH3 is 1. The van der Waals surface area contributed by atoms with Gasteiger partial charge in [-0.25, -0.2) is 0 Å². The minimum atomic E-state index is -0.686. The minimum Gasteiger partial charge on any atom is -0.389 e. The Morgan fingerprint density at radius 1 is 0.647 bits per heavy atom. The van der Waals surface area contributed by atoms with Gasteiger partial charge in [-0.1, -0.05) is 101 Å². The Balaban J connectivity index is -0.000000365. The van der Waals surface area contributed by atoms with Gasteiger partial charge in [0.2, 0.25) is 0 Å². The average Bonchev–Trinajstić information content (AvgIpc) is 3.28. The van der Waals surface area contributed by atoms with Gasteiger partial charge >= 0.3 is 0 Å². The fraction of sp³-hybridized carbons (Fsp3) is 0.419. The molecule has 0 atom stereocenters.